The van der Waals surface area contributed by atoms with E-state index in [4.69, 9.17) is 23.7 Å². The van der Waals surface area contributed by atoms with Gasteiger partial charge in [-0.1, -0.05) is 69.3 Å². The van der Waals surface area contributed by atoms with E-state index < -0.39 is 0 Å². The Morgan fingerprint density at radius 2 is 1.11 bits per heavy atom. The van der Waals surface area contributed by atoms with Crippen LogP contribution in [0.25, 0.3) is 0 Å². The summed E-state index contributed by atoms with van der Waals surface area (Å²) in [5, 5.41) is -0.221. The van der Waals surface area contributed by atoms with Gasteiger partial charge in [-0.25, -0.2) is 0 Å². The third-order valence-corrected chi connectivity index (χ3v) is 5.66. The summed E-state index contributed by atoms with van der Waals surface area (Å²) in [5.74, 6) is 0. The molecule has 1 aliphatic rings. The Morgan fingerprint density at radius 1 is 0.643 bits per heavy atom. The van der Waals surface area contributed by atoms with Gasteiger partial charge in [0, 0.05) is 26.4 Å². The van der Waals surface area contributed by atoms with Gasteiger partial charge in [0.05, 0.1) is 6.61 Å². The van der Waals surface area contributed by atoms with E-state index in [-0.39, 0.29) is 29.4 Å². The van der Waals surface area contributed by atoms with Crippen molar-refractivity contribution in [2.24, 2.45) is 0 Å². The molecule has 1 saturated heterocycles. The third-order valence-electron chi connectivity index (χ3n) is 4.93. The SMILES string of the molecule is CCCCOC[C@H]1OC(Br)[C@H](OCCCC)[C@@H](OCCCC)[C@@H]1OCCCC. The summed E-state index contributed by atoms with van der Waals surface area (Å²) in [4.78, 5) is 0. The van der Waals surface area contributed by atoms with Crippen LogP contribution in [0.5, 0.6) is 0 Å². The number of halogens is 1. The largest absolute Gasteiger partial charge is 0.379 e. The molecule has 1 unspecified atom stereocenters. The number of alkyl halides is 1. The molecule has 0 radical (unpaired) electrons. The predicted octanol–water partition coefficient (Wildman–Crippen LogP) is 5.48. The lowest BCUT2D eigenvalue weighted by molar-refractivity contribution is -0.246. The van der Waals surface area contributed by atoms with Crippen molar-refractivity contribution in [3.8, 4) is 0 Å². The Kier molecular flexibility index (Phi) is 16.0. The minimum absolute atomic E-state index is 0.154. The van der Waals surface area contributed by atoms with Gasteiger partial charge in [0.15, 0.2) is 0 Å². The summed E-state index contributed by atoms with van der Waals surface area (Å²) in [7, 11) is 0. The van der Waals surface area contributed by atoms with Gasteiger partial charge in [-0.15, -0.1) is 0 Å². The van der Waals surface area contributed by atoms with Crippen LogP contribution in [0, 0.1) is 0 Å². The van der Waals surface area contributed by atoms with Gasteiger partial charge in [0.1, 0.15) is 29.4 Å². The first-order valence-corrected chi connectivity index (χ1v) is 12.3. The first-order valence-electron chi connectivity index (χ1n) is 11.4. The molecule has 0 N–H and O–H groups in total. The summed E-state index contributed by atoms with van der Waals surface area (Å²) >= 11 is 3.69. The molecular formula is C22H43BrO5. The quantitative estimate of drug-likeness (QED) is 0.209. The van der Waals surface area contributed by atoms with Crippen molar-refractivity contribution in [3.05, 3.63) is 0 Å². The molecule has 0 aliphatic carbocycles. The van der Waals surface area contributed by atoms with E-state index in [1.807, 2.05) is 0 Å². The fourth-order valence-electron chi connectivity index (χ4n) is 3.10. The zero-order valence-electron chi connectivity index (χ0n) is 18.5. The second kappa shape index (κ2) is 17.0. The monoisotopic (exact) mass is 466 g/mol. The smallest absolute Gasteiger partial charge is 0.141 e. The molecule has 0 spiro atoms. The second-order valence-corrected chi connectivity index (χ2v) is 8.42. The molecule has 5 atom stereocenters. The van der Waals surface area contributed by atoms with Crippen LogP contribution in [-0.4, -0.2) is 62.5 Å². The van der Waals surface area contributed by atoms with Crippen LogP contribution in [0.2, 0.25) is 0 Å². The summed E-state index contributed by atoms with van der Waals surface area (Å²) in [6.07, 6.45) is 7.92. The number of ether oxygens (including phenoxy) is 5. The maximum absolute atomic E-state index is 6.32. The molecule has 6 heteroatoms. The molecule has 1 heterocycles. The van der Waals surface area contributed by atoms with Gasteiger partial charge in [-0.2, -0.15) is 0 Å². The molecule has 1 rings (SSSR count). The maximum Gasteiger partial charge on any atom is 0.141 e. The highest BCUT2D eigenvalue weighted by atomic mass is 79.9. The minimum atomic E-state index is -0.221. The predicted molar refractivity (Wildman–Crippen MR) is 117 cm³/mol. The van der Waals surface area contributed by atoms with Crippen molar-refractivity contribution in [1.29, 1.82) is 0 Å². The van der Waals surface area contributed by atoms with E-state index in [1.54, 1.807) is 0 Å². The molecule has 0 amide bonds. The fourth-order valence-corrected chi connectivity index (χ4v) is 3.83. The number of rotatable bonds is 17. The lowest BCUT2D eigenvalue weighted by Crippen LogP contribution is -2.60. The van der Waals surface area contributed by atoms with Gasteiger partial charge in [0.25, 0.3) is 0 Å². The first-order chi connectivity index (χ1) is 13.7. The summed E-state index contributed by atoms with van der Waals surface area (Å²) in [5.41, 5.74) is 0. The number of unbranched alkanes of at least 4 members (excludes halogenated alkanes) is 4. The Hall–Kier alpha value is 0.280. The van der Waals surface area contributed by atoms with Crippen LogP contribution >= 0.6 is 15.9 Å². The molecule has 0 aromatic rings. The van der Waals surface area contributed by atoms with Crippen molar-refractivity contribution in [2.75, 3.05) is 33.0 Å². The molecule has 0 bridgehead atoms. The van der Waals surface area contributed by atoms with E-state index in [2.05, 4.69) is 43.6 Å². The van der Waals surface area contributed by atoms with Gasteiger partial charge in [0.2, 0.25) is 0 Å². The average molecular weight is 467 g/mol. The van der Waals surface area contributed by atoms with E-state index in [9.17, 15) is 0 Å². The van der Waals surface area contributed by atoms with E-state index in [1.165, 1.54) is 0 Å². The molecule has 168 valence electrons. The van der Waals surface area contributed by atoms with E-state index in [0.29, 0.717) is 26.4 Å². The van der Waals surface area contributed by atoms with Crippen LogP contribution in [0.1, 0.15) is 79.1 Å². The maximum atomic E-state index is 6.32. The molecule has 1 aliphatic heterocycles. The van der Waals surface area contributed by atoms with Gasteiger partial charge < -0.3 is 23.7 Å². The molecular weight excluding hydrogens is 424 g/mol. The van der Waals surface area contributed by atoms with Gasteiger partial charge in [-0.05, 0) is 25.7 Å². The standard InChI is InChI=1S/C22H43BrO5/c1-5-9-13-24-17-18-19(25-14-10-6-2)20(26-15-11-7-3)21(22(23)28-18)27-16-12-8-4/h18-22H,5-17H2,1-4H3/t18-,19-,20+,21-,22?/m1/s1. The van der Waals surface area contributed by atoms with E-state index in [0.717, 1.165) is 58.0 Å². The normalized spacial score (nSPS) is 28.0. The van der Waals surface area contributed by atoms with Crippen molar-refractivity contribution >= 4 is 15.9 Å². The van der Waals surface area contributed by atoms with Crippen LogP contribution in [-0.2, 0) is 23.7 Å². The van der Waals surface area contributed by atoms with Crippen LogP contribution in [0.15, 0.2) is 0 Å². The Bertz CT molecular complexity index is 358. The Morgan fingerprint density at radius 3 is 1.64 bits per heavy atom. The molecule has 0 aromatic carbocycles. The highest BCUT2D eigenvalue weighted by Crippen LogP contribution is 2.32. The molecule has 28 heavy (non-hydrogen) atoms. The molecule has 1 fully saturated rings. The zero-order chi connectivity index (χ0) is 20.6. The number of hydrogen-bond donors (Lipinski definition) is 0. The van der Waals surface area contributed by atoms with Crippen molar-refractivity contribution in [1.82, 2.24) is 0 Å². The van der Waals surface area contributed by atoms with Crippen LogP contribution in [0.4, 0.5) is 0 Å². The summed E-state index contributed by atoms with van der Waals surface area (Å²) < 4.78 is 30.9. The fraction of sp³-hybridized carbons (Fsp3) is 1.00. The first kappa shape index (κ1) is 26.3. The van der Waals surface area contributed by atoms with Crippen LogP contribution < -0.4 is 0 Å². The van der Waals surface area contributed by atoms with Gasteiger partial charge in [-0.3, -0.25) is 0 Å². The summed E-state index contributed by atoms with van der Waals surface area (Å²) in [6, 6.07) is 0. The zero-order valence-corrected chi connectivity index (χ0v) is 20.1. The molecule has 0 saturated carbocycles. The minimum Gasteiger partial charge on any atom is -0.379 e. The average Bonchev–Trinajstić information content (AvgIpc) is 2.69. The van der Waals surface area contributed by atoms with Crippen molar-refractivity contribution in [3.63, 3.8) is 0 Å². The molecule has 5 nitrogen and oxygen atoms in total. The third kappa shape index (κ3) is 9.86. The van der Waals surface area contributed by atoms with E-state index >= 15 is 0 Å². The lowest BCUT2D eigenvalue weighted by Gasteiger charge is -2.44. The summed E-state index contributed by atoms with van der Waals surface area (Å²) in [6.45, 7) is 12.1. The van der Waals surface area contributed by atoms with Crippen LogP contribution in [0.3, 0.4) is 0 Å². The number of hydrogen-bond acceptors (Lipinski definition) is 5. The molecule has 0 aromatic heterocycles. The lowest BCUT2D eigenvalue weighted by atomic mass is 9.99. The highest BCUT2D eigenvalue weighted by molar-refractivity contribution is 9.09. The van der Waals surface area contributed by atoms with Crippen molar-refractivity contribution < 1.29 is 23.7 Å². The second-order valence-electron chi connectivity index (χ2n) is 7.52. The van der Waals surface area contributed by atoms with Crippen molar-refractivity contribution in [2.45, 2.75) is 108 Å². The highest BCUT2D eigenvalue weighted by Gasteiger charge is 2.47. The topological polar surface area (TPSA) is 46.2 Å². The Labute approximate surface area is 181 Å². The van der Waals surface area contributed by atoms with Gasteiger partial charge >= 0.3 is 0 Å². The Balaban J connectivity index is 2.84.